The number of carbonyl (C=O) groups is 2. The maximum atomic E-state index is 14.2. The zero-order valence-corrected chi connectivity index (χ0v) is 23.1. The third-order valence-corrected chi connectivity index (χ3v) is 6.60. The highest BCUT2D eigenvalue weighted by Gasteiger charge is 2.28. The van der Waals surface area contributed by atoms with Gasteiger partial charge in [-0.25, -0.2) is 23.2 Å². The fourth-order valence-corrected chi connectivity index (χ4v) is 4.10. The number of ether oxygens (including phenoxy) is 3. The van der Waals surface area contributed by atoms with Crippen LogP contribution in [0.3, 0.4) is 0 Å². The van der Waals surface area contributed by atoms with E-state index in [1.807, 2.05) is 0 Å². The molecular weight excluding hydrogens is 592 g/mol. The van der Waals surface area contributed by atoms with Gasteiger partial charge >= 0.3 is 12.7 Å². The molecule has 2 aromatic carbocycles. The Morgan fingerprint density at radius 1 is 1.16 bits per heavy atom. The lowest BCUT2D eigenvalue weighted by atomic mass is 10.2. The van der Waals surface area contributed by atoms with Gasteiger partial charge in [0.15, 0.2) is 23.0 Å². The molecule has 0 bridgehead atoms. The molecule has 1 aliphatic carbocycles. The quantitative estimate of drug-likeness (QED) is 0.202. The summed E-state index contributed by atoms with van der Waals surface area (Å²) < 4.78 is 76.0. The molecule has 2 heterocycles. The molecule has 4 aromatic rings. The molecular formula is C28H26F4N6O6. The van der Waals surface area contributed by atoms with Crippen molar-refractivity contribution in [3.63, 3.8) is 0 Å². The lowest BCUT2D eigenvalue weighted by Gasteiger charge is -2.13. The Hall–Kier alpha value is -5.15. The van der Waals surface area contributed by atoms with Crippen molar-refractivity contribution in [2.45, 2.75) is 45.6 Å². The maximum absolute atomic E-state index is 14.2. The third-order valence-electron chi connectivity index (χ3n) is 6.60. The Bertz CT molecular complexity index is 1660. The van der Waals surface area contributed by atoms with Crippen molar-refractivity contribution in [3.05, 3.63) is 76.9 Å². The lowest BCUT2D eigenvalue weighted by molar-refractivity contribution is -0.0515. The van der Waals surface area contributed by atoms with E-state index in [0.717, 1.165) is 18.9 Å². The van der Waals surface area contributed by atoms with Crippen molar-refractivity contribution in [1.29, 1.82) is 0 Å². The van der Waals surface area contributed by atoms with E-state index in [1.54, 1.807) is 6.92 Å². The van der Waals surface area contributed by atoms with Crippen LogP contribution in [0.4, 0.5) is 22.4 Å². The lowest BCUT2D eigenvalue weighted by Crippen LogP contribution is -2.25. The first kappa shape index (κ1) is 30.3. The van der Waals surface area contributed by atoms with Crippen molar-refractivity contribution in [2.75, 3.05) is 6.61 Å². The summed E-state index contributed by atoms with van der Waals surface area (Å²) in [5, 5.41) is 10.4. The van der Waals surface area contributed by atoms with E-state index < -0.39 is 36.3 Å². The second-order valence-electron chi connectivity index (χ2n) is 9.92. The van der Waals surface area contributed by atoms with Crippen molar-refractivity contribution in [1.82, 2.24) is 25.3 Å². The van der Waals surface area contributed by atoms with E-state index in [-0.39, 0.29) is 58.8 Å². The highest BCUT2D eigenvalue weighted by molar-refractivity contribution is 5.94. The molecule has 2 amide bonds. The summed E-state index contributed by atoms with van der Waals surface area (Å²) in [4.78, 5) is 28.6. The summed E-state index contributed by atoms with van der Waals surface area (Å²) in [6.45, 7) is -1.70. The van der Waals surface area contributed by atoms with Crippen LogP contribution in [0.25, 0.3) is 11.5 Å². The zero-order chi connectivity index (χ0) is 31.4. The smallest absolute Gasteiger partial charge is 0.404 e. The number of aromatic nitrogens is 4. The molecule has 0 aliphatic heterocycles. The van der Waals surface area contributed by atoms with Crippen LogP contribution < -0.4 is 20.5 Å². The van der Waals surface area contributed by atoms with Crippen LogP contribution in [0.5, 0.6) is 11.5 Å². The third kappa shape index (κ3) is 7.43. The van der Waals surface area contributed by atoms with Crippen LogP contribution in [-0.4, -0.2) is 45.2 Å². The van der Waals surface area contributed by atoms with Gasteiger partial charge in [0.1, 0.15) is 30.0 Å². The number of alkyl halides is 2. The summed E-state index contributed by atoms with van der Waals surface area (Å²) in [7, 11) is 0. The normalized spacial score (nSPS) is 13.5. The van der Waals surface area contributed by atoms with Crippen LogP contribution in [0.2, 0.25) is 0 Å². The first-order valence-corrected chi connectivity index (χ1v) is 13.3. The number of primary amides is 1. The van der Waals surface area contributed by atoms with Gasteiger partial charge in [-0.05, 0) is 49.9 Å². The minimum atomic E-state index is -3.08. The SMILES string of the molecule is C[C@@H](c1oc(-c2ccc(OC(F)F)c(OCC3CC3)c2)nc1C(=O)NCc1ccc(F)cc1F)n1cc(COC(N)=O)nn1. The van der Waals surface area contributed by atoms with Crippen LogP contribution >= 0.6 is 0 Å². The molecule has 1 fully saturated rings. The van der Waals surface area contributed by atoms with Gasteiger partial charge in [-0.2, -0.15) is 8.78 Å². The Morgan fingerprint density at radius 3 is 2.66 bits per heavy atom. The molecule has 0 radical (unpaired) electrons. The molecule has 0 saturated heterocycles. The second-order valence-corrected chi connectivity index (χ2v) is 9.92. The minimum Gasteiger partial charge on any atom is -0.489 e. The summed E-state index contributed by atoms with van der Waals surface area (Å²) in [5.74, 6) is -2.26. The topological polar surface area (TPSA) is 157 Å². The molecule has 1 aliphatic rings. The number of nitrogens with zero attached hydrogens (tertiary/aromatic N) is 4. The Labute approximate surface area is 247 Å². The average Bonchev–Trinajstić information content (AvgIpc) is 3.50. The fourth-order valence-electron chi connectivity index (χ4n) is 4.10. The van der Waals surface area contributed by atoms with Gasteiger partial charge in [-0.1, -0.05) is 11.3 Å². The number of oxazole rings is 1. The monoisotopic (exact) mass is 618 g/mol. The van der Waals surface area contributed by atoms with E-state index in [4.69, 9.17) is 19.6 Å². The molecule has 2 aromatic heterocycles. The summed E-state index contributed by atoms with van der Waals surface area (Å²) in [6.07, 6.45) is 2.36. The minimum absolute atomic E-state index is 0.0118. The molecule has 44 heavy (non-hydrogen) atoms. The molecule has 1 saturated carbocycles. The molecule has 5 rings (SSSR count). The van der Waals surface area contributed by atoms with Crippen LogP contribution in [0.1, 0.15) is 53.3 Å². The number of rotatable bonds is 13. The van der Waals surface area contributed by atoms with Gasteiger partial charge in [-0.15, -0.1) is 5.10 Å². The number of halogens is 4. The van der Waals surface area contributed by atoms with Gasteiger partial charge in [0.25, 0.3) is 5.91 Å². The Morgan fingerprint density at radius 2 is 1.95 bits per heavy atom. The second kappa shape index (κ2) is 13.0. The van der Waals surface area contributed by atoms with Gasteiger partial charge in [-0.3, -0.25) is 4.79 Å². The largest absolute Gasteiger partial charge is 0.489 e. The summed E-state index contributed by atoms with van der Waals surface area (Å²) in [6, 6.07) is 6.23. The molecule has 12 nitrogen and oxygen atoms in total. The van der Waals surface area contributed by atoms with Gasteiger partial charge < -0.3 is 29.7 Å². The van der Waals surface area contributed by atoms with E-state index in [0.29, 0.717) is 18.6 Å². The number of hydrogen-bond donors (Lipinski definition) is 2. The number of nitrogens with two attached hydrogens (primary N) is 1. The van der Waals surface area contributed by atoms with E-state index in [9.17, 15) is 27.2 Å². The zero-order valence-electron chi connectivity index (χ0n) is 23.1. The van der Waals surface area contributed by atoms with Crippen molar-refractivity contribution in [2.24, 2.45) is 11.7 Å². The molecule has 1 atom stereocenters. The molecule has 0 unspecified atom stereocenters. The summed E-state index contributed by atoms with van der Waals surface area (Å²) in [5.41, 5.74) is 5.36. The van der Waals surface area contributed by atoms with Crippen LogP contribution in [0.15, 0.2) is 47.0 Å². The van der Waals surface area contributed by atoms with Gasteiger partial charge in [0, 0.05) is 23.7 Å². The van der Waals surface area contributed by atoms with E-state index in [1.165, 1.54) is 35.1 Å². The first-order valence-electron chi connectivity index (χ1n) is 13.3. The van der Waals surface area contributed by atoms with E-state index >= 15 is 0 Å². The Balaban J connectivity index is 1.47. The Kier molecular flexibility index (Phi) is 8.96. The number of carbonyl (C=O) groups excluding carboxylic acids is 2. The van der Waals surface area contributed by atoms with Crippen molar-refractivity contribution < 1.29 is 45.8 Å². The average molecular weight is 619 g/mol. The predicted octanol–water partition coefficient (Wildman–Crippen LogP) is 4.74. The number of benzene rings is 2. The molecule has 16 heteroatoms. The molecule has 0 spiro atoms. The number of nitrogens with one attached hydrogen (secondary N) is 1. The van der Waals surface area contributed by atoms with Gasteiger partial charge in [0.05, 0.1) is 12.8 Å². The summed E-state index contributed by atoms with van der Waals surface area (Å²) >= 11 is 0. The number of amides is 2. The molecule has 232 valence electrons. The standard InChI is InChI=1S/C28H26F4N6O6/c1-14(38-11-19(36-37-38)13-42-28(33)40)24-23(25(39)34-10-17-4-6-18(29)9-20(17)30)35-26(44-24)16-5-7-21(43-27(31)32)22(8-16)41-12-15-2-3-15/h4-9,11,14-15,27H,2-3,10,12-13H2,1H3,(H2,33,40)(H,34,39)/t14-/m0/s1. The van der Waals surface area contributed by atoms with Crippen molar-refractivity contribution in [3.8, 4) is 23.0 Å². The van der Waals surface area contributed by atoms with Crippen molar-refractivity contribution >= 4 is 12.0 Å². The van der Waals surface area contributed by atoms with E-state index in [2.05, 4.69) is 25.3 Å². The fraction of sp³-hybridized carbons (Fsp3) is 0.321. The predicted molar refractivity (Wildman–Crippen MR) is 143 cm³/mol. The highest BCUT2D eigenvalue weighted by Crippen LogP contribution is 2.37. The maximum Gasteiger partial charge on any atom is 0.404 e. The van der Waals surface area contributed by atoms with Crippen LogP contribution in [-0.2, 0) is 17.9 Å². The highest BCUT2D eigenvalue weighted by atomic mass is 19.3. The molecule has 3 N–H and O–H groups in total. The van der Waals surface area contributed by atoms with Crippen LogP contribution in [0, 0.1) is 17.6 Å². The first-order chi connectivity index (χ1) is 21.1. The van der Waals surface area contributed by atoms with Gasteiger partial charge in [0.2, 0.25) is 5.89 Å². The number of hydrogen-bond acceptors (Lipinski definition) is 9.